The van der Waals surface area contributed by atoms with Gasteiger partial charge in [0, 0.05) is 13.5 Å². The van der Waals surface area contributed by atoms with Gasteiger partial charge in [-0.2, -0.15) is 5.26 Å². The van der Waals surface area contributed by atoms with Gasteiger partial charge in [0.15, 0.2) is 21.2 Å². The number of ether oxygens (including phenoxy) is 2. The van der Waals surface area contributed by atoms with Crippen LogP contribution in [-0.2, 0) is 9.59 Å². The summed E-state index contributed by atoms with van der Waals surface area (Å²) in [4.78, 5) is 27.9. The number of rotatable bonds is 1. The minimum Gasteiger partial charge on any atom is -0.454 e. The molecule has 5 heterocycles. The maximum Gasteiger partial charge on any atom is 0.261 e. The molecule has 5 aliphatic rings. The van der Waals surface area contributed by atoms with Crippen LogP contribution in [0.25, 0.3) is 0 Å². The molecule has 1 spiro atoms. The first-order chi connectivity index (χ1) is 12.8. The minimum absolute atomic E-state index is 0.113. The Labute approximate surface area is 164 Å². The standard InChI is InChI=1S/C18H17N3O4S2/c1-16(8-19)7-18-15(23)20(3)17(2,26-27-18)14(22)21(18)13(16)10-4-5-11-12(6-10)25-9-24-11/h4-6,13H,7,9H2,1-3H3. The molecular weight excluding hydrogens is 386 g/mol. The molecule has 4 atom stereocenters. The molecule has 7 nitrogen and oxygen atoms in total. The molecule has 0 aromatic heterocycles. The van der Waals surface area contributed by atoms with E-state index in [2.05, 4.69) is 6.07 Å². The Morgan fingerprint density at radius 3 is 2.67 bits per heavy atom. The first-order valence-corrected chi connectivity index (χ1v) is 10.7. The Kier molecular flexibility index (Phi) is 3.20. The normalized spacial score (nSPS) is 39.0. The monoisotopic (exact) mass is 403 g/mol. The lowest BCUT2D eigenvalue weighted by molar-refractivity contribution is -0.164. The van der Waals surface area contributed by atoms with Crippen molar-refractivity contribution >= 4 is 33.4 Å². The number of likely N-dealkylation sites (N-methyl/N-ethyl adjacent to an activating group) is 1. The van der Waals surface area contributed by atoms with Crippen LogP contribution in [-0.4, -0.2) is 45.2 Å². The summed E-state index contributed by atoms with van der Waals surface area (Å²) < 4.78 is 10.9. The number of amides is 2. The second kappa shape index (κ2) is 5.06. The van der Waals surface area contributed by atoms with E-state index in [1.165, 1.54) is 26.5 Å². The van der Waals surface area contributed by atoms with E-state index in [1.54, 1.807) is 24.9 Å². The third-order valence-electron chi connectivity index (χ3n) is 6.06. The van der Waals surface area contributed by atoms with Crippen molar-refractivity contribution in [3.8, 4) is 17.6 Å². The van der Waals surface area contributed by atoms with E-state index in [1.807, 2.05) is 19.1 Å². The lowest BCUT2D eigenvalue weighted by Gasteiger charge is -2.57. The molecule has 0 N–H and O–H groups in total. The maximum atomic E-state index is 13.5. The fraction of sp³-hybridized carbons (Fsp3) is 0.500. The Morgan fingerprint density at radius 1 is 1.19 bits per heavy atom. The van der Waals surface area contributed by atoms with Gasteiger partial charge in [-0.25, -0.2) is 0 Å². The van der Waals surface area contributed by atoms with Crippen molar-refractivity contribution in [3.05, 3.63) is 23.8 Å². The van der Waals surface area contributed by atoms with Crippen LogP contribution in [0.3, 0.4) is 0 Å². The van der Waals surface area contributed by atoms with Crippen molar-refractivity contribution in [3.63, 3.8) is 0 Å². The Hall–Kier alpha value is -2.05. The number of piperazine rings is 1. The Morgan fingerprint density at radius 2 is 1.93 bits per heavy atom. The maximum absolute atomic E-state index is 13.5. The summed E-state index contributed by atoms with van der Waals surface area (Å²) in [6, 6.07) is 7.35. The molecule has 1 aromatic rings. The number of nitriles is 1. The smallest absolute Gasteiger partial charge is 0.261 e. The lowest BCUT2D eigenvalue weighted by Crippen LogP contribution is -2.73. The molecule has 0 saturated carbocycles. The van der Waals surface area contributed by atoms with Crippen molar-refractivity contribution in [2.45, 2.75) is 36.1 Å². The summed E-state index contributed by atoms with van der Waals surface area (Å²) in [5, 5.41) is 10.0. The average molecular weight is 403 g/mol. The van der Waals surface area contributed by atoms with Gasteiger partial charge in [-0.3, -0.25) is 9.59 Å². The quantitative estimate of drug-likeness (QED) is 0.666. The van der Waals surface area contributed by atoms with Crippen LogP contribution in [0.1, 0.15) is 31.9 Å². The SMILES string of the molecule is CN1C(=O)C23CC(C)(C#N)C(c4ccc5c(c4)OCO5)N2C(=O)C1(C)SS3. The van der Waals surface area contributed by atoms with Gasteiger partial charge in [-0.05, 0) is 31.5 Å². The minimum atomic E-state index is -1.06. The second-order valence-corrected chi connectivity index (χ2v) is 10.5. The third kappa shape index (κ3) is 1.85. The zero-order valence-electron chi connectivity index (χ0n) is 15.0. The summed E-state index contributed by atoms with van der Waals surface area (Å²) >= 11 is 0. The second-order valence-electron chi connectivity index (χ2n) is 7.69. The van der Waals surface area contributed by atoms with Gasteiger partial charge in [-0.1, -0.05) is 27.7 Å². The zero-order valence-corrected chi connectivity index (χ0v) is 16.6. The van der Waals surface area contributed by atoms with Gasteiger partial charge < -0.3 is 19.3 Å². The number of fused-ring (bicyclic) bond motifs is 3. The van der Waals surface area contributed by atoms with E-state index >= 15 is 0 Å². The first-order valence-electron chi connectivity index (χ1n) is 8.56. The van der Waals surface area contributed by atoms with Crippen molar-refractivity contribution in [1.82, 2.24) is 9.80 Å². The lowest BCUT2D eigenvalue weighted by atomic mass is 9.79. The number of hydrogen-bond acceptors (Lipinski definition) is 7. The highest BCUT2D eigenvalue weighted by atomic mass is 33.1. The molecule has 4 fully saturated rings. The van der Waals surface area contributed by atoms with Crippen LogP contribution in [0.5, 0.6) is 11.5 Å². The molecule has 4 saturated heterocycles. The van der Waals surface area contributed by atoms with E-state index in [9.17, 15) is 14.9 Å². The molecule has 2 amide bonds. The van der Waals surface area contributed by atoms with Gasteiger partial charge in [0.25, 0.3) is 11.8 Å². The summed E-state index contributed by atoms with van der Waals surface area (Å²) in [6.07, 6.45) is 0.290. The van der Waals surface area contributed by atoms with Gasteiger partial charge in [-0.15, -0.1) is 0 Å². The third-order valence-corrected chi connectivity index (χ3v) is 9.76. The Bertz CT molecular complexity index is 949. The molecule has 6 rings (SSSR count). The van der Waals surface area contributed by atoms with Crippen molar-refractivity contribution in [1.29, 1.82) is 5.26 Å². The summed E-state index contributed by atoms with van der Waals surface area (Å²) in [5.41, 5.74) is -0.117. The van der Waals surface area contributed by atoms with Crippen molar-refractivity contribution < 1.29 is 19.1 Å². The van der Waals surface area contributed by atoms with Crippen LogP contribution < -0.4 is 9.47 Å². The van der Waals surface area contributed by atoms with Gasteiger partial charge in [0.05, 0.1) is 17.5 Å². The predicted molar refractivity (Wildman–Crippen MR) is 99.6 cm³/mol. The number of carbonyl (C=O) groups excluding carboxylic acids is 2. The van der Waals surface area contributed by atoms with E-state index in [0.29, 0.717) is 11.5 Å². The van der Waals surface area contributed by atoms with E-state index in [-0.39, 0.29) is 25.0 Å². The molecule has 27 heavy (non-hydrogen) atoms. The molecule has 2 bridgehead atoms. The summed E-state index contributed by atoms with van der Waals surface area (Å²) in [7, 11) is 4.49. The number of nitrogens with zero attached hydrogens (tertiary/aromatic N) is 3. The van der Waals surface area contributed by atoms with Crippen LogP contribution >= 0.6 is 21.6 Å². The number of benzene rings is 1. The van der Waals surface area contributed by atoms with Crippen LogP contribution in [0, 0.1) is 16.7 Å². The fourth-order valence-electron chi connectivity index (χ4n) is 4.50. The predicted octanol–water partition coefficient (Wildman–Crippen LogP) is 2.50. The number of carbonyl (C=O) groups is 2. The average Bonchev–Trinajstić information content (AvgIpc) is 3.23. The summed E-state index contributed by atoms with van der Waals surface area (Å²) in [5.74, 6) is 0.998. The Balaban J connectivity index is 1.71. The number of hydrogen-bond donors (Lipinski definition) is 0. The molecule has 4 unspecified atom stereocenters. The van der Waals surface area contributed by atoms with Crippen LogP contribution in [0.4, 0.5) is 0 Å². The van der Waals surface area contributed by atoms with E-state index in [0.717, 1.165) is 5.56 Å². The highest BCUT2D eigenvalue weighted by Gasteiger charge is 2.74. The van der Waals surface area contributed by atoms with E-state index in [4.69, 9.17) is 9.47 Å². The van der Waals surface area contributed by atoms with Crippen molar-refractivity contribution in [2.24, 2.45) is 5.41 Å². The molecule has 0 radical (unpaired) electrons. The molecule has 5 aliphatic heterocycles. The van der Waals surface area contributed by atoms with Gasteiger partial charge in [0.1, 0.15) is 0 Å². The highest BCUT2D eigenvalue weighted by molar-refractivity contribution is 8.78. The largest absolute Gasteiger partial charge is 0.454 e. The van der Waals surface area contributed by atoms with Gasteiger partial charge >= 0.3 is 0 Å². The van der Waals surface area contributed by atoms with Crippen LogP contribution in [0.15, 0.2) is 18.2 Å². The van der Waals surface area contributed by atoms with E-state index < -0.39 is 21.2 Å². The summed E-state index contributed by atoms with van der Waals surface area (Å²) in [6.45, 7) is 3.75. The topological polar surface area (TPSA) is 82.9 Å². The molecule has 1 aromatic carbocycles. The first kappa shape index (κ1) is 17.1. The fourth-order valence-corrected chi connectivity index (χ4v) is 8.08. The molecule has 9 heteroatoms. The molecular formula is C18H17N3O4S2. The van der Waals surface area contributed by atoms with Crippen LogP contribution in [0.2, 0.25) is 0 Å². The molecule has 140 valence electrons. The van der Waals surface area contributed by atoms with Crippen molar-refractivity contribution in [2.75, 3.05) is 13.8 Å². The molecule has 0 aliphatic carbocycles. The highest BCUT2D eigenvalue weighted by Crippen LogP contribution is 2.69. The van der Waals surface area contributed by atoms with Gasteiger partial charge in [0.2, 0.25) is 6.79 Å². The zero-order chi connectivity index (χ0) is 19.2.